The summed E-state index contributed by atoms with van der Waals surface area (Å²) in [7, 11) is 0. The molecule has 6 nitrogen and oxygen atoms in total. The van der Waals surface area contributed by atoms with E-state index in [0.29, 0.717) is 25.4 Å². The minimum absolute atomic E-state index is 0. The monoisotopic (exact) mass is 332 g/mol. The van der Waals surface area contributed by atoms with Gasteiger partial charge in [0.25, 0.3) is 0 Å². The van der Waals surface area contributed by atoms with Crippen molar-refractivity contribution in [1.82, 2.24) is 20.9 Å². The van der Waals surface area contributed by atoms with Crippen molar-refractivity contribution in [2.75, 3.05) is 32.7 Å². The van der Waals surface area contributed by atoms with Gasteiger partial charge in [-0.2, -0.15) is 0 Å². The summed E-state index contributed by atoms with van der Waals surface area (Å²) >= 11 is 0. The zero-order valence-electron chi connectivity index (χ0n) is 13.2. The van der Waals surface area contributed by atoms with Crippen LogP contribution in [0.5, 0.6) is 0 Å². The van der Waals surface area contributed by atoms with Gasteiger partial charge in [0, 0.05) is 45.2 Å². The molecule has 22 heavy (non-hydrogen) atoms. The van der Waals surface area contributed by atoms with Crippen molar-refractivity contribution in [3.05, 3.63) is 0 Å². The number of nitrogens with one attached hydrogen (secondary N) is 3. The van der Waals surface area contributed by atoms with Crippen LogP contribution >= 0.6 is 12.4 Å². The van der Waals surface area contributed by atoms with Crippen molar-refractivity contribution < 1.29 is 9.59 Å². The van der Waals surface area contributed by atoms with Crippen LogP contribution in [0.4, 0.5) is 4.79 Å². The predicted octanol–water partition coefficient (Wildman–Crippen LogP) is 1.25. The third-order valence-electron chi connectivity index (χ3n) is 4.26. The first-order chi connectivity index (χ1) is 10.3. The number of carbonyl (C=O) groups is 2. The maximum atomic E-state index is 11.9. The average Bonchev–Trinajstić information content (AvgIpc) is 2.53. The van der Waals surface area contributed by atoms with Gasteiger partial charge in [0.1, 0.15) is 0 Å². The van der Waals surface area contributed by atoms with Crippen LogP contribution in [-0.4, -0.2) is 55.6 Å². The third-order valence-corrected chi connectivity index (χ3v) is 4.26. The molecule has 1 saturated carbocycles. The minimum atomic E-state index is -0.0866. The zero-order chi connectivity index (χ0) is 14.9. The fraction of sp³-hybridized carbons (Fsp3) is 0.867. The van der Waals surface area contributed by atoms with E-state index in [9.17, 15) is 9.59 Å². The van der Waals surface area contributed by atoms with Gasteiger partial charge in [-0.15, -0.1) is 12.4 Å². The summed E-state index contributed by atoms with van der Waals surface area (Å²) < 4.78 is 0. The molecule has 0 unspecified atom stereocenters. The number of carbonyl (C=O) groups excluding carboxylic acids is 2. The number of rotatable bonds is 5. The SMILES string of the molecule is Cl.O=C(NCCCC(=O)N1CCNCC1)NC1CCCCC1. The van der Waals surface area contributed by atoms with Gasteiger partial charge in [0.2, 0.25) is 5.91 Å². The van der Waals surface area contributed by atoms with Crippen LogP contribution < -0.4 is 16.0 Å². The smallest absolute Gasteiger partial charge is 0.315 e. The molecule has 1 heterocycles. The number of amides is 3. The van der Waals surface area contributed by atoms with Crippen molar-refractivity contribution in [3.63, 3.8) is 0 Å². The molecule has 0 bridgehead atoms. The molecule has 3 N–H and O–H groups in total. The highest BCUT2D eigenvalue weighted by molar-refractivity contribution is 5.85. The molecule has 3 amide bonds. The number of nitrogens with zero attached hydrogens (tertiary/aromatic N) is 1. The van der Waals surface area contributed by atoms with Crippen LogP contribution in [0.25, 0.3) is 0 Å². The van der Waals surface area contributed by atoms with E-state index in [0.717, 1.165) is 39.0 Å². The van der Waals surface area contributed by atoms with Crippen LogP contribution in [0.15, 0.2) is 0 Å². The Kier molecular flexibility index (Phi) is 9.24. The maximum absolute atomic E-state index is 11.9. The third kappa shape index (κ3) is 6.83. The molecule has 0 atom stereocenters. The van der Waals surface area contributed by atoms with Crippen molar-refractivity contribution in [2.24, 2.45) is 0 Å². The van der Waals surface area contributed by atoms with E-state index in [1.54, 1.807) is 0 Å². The second-order valence-electron chi connectivity index (χ2n) is 5.97. The number of hydrogen-bond acceptors (Lipinski definition) is 3. The van der Waals surface area contributed by atoms with Gasteiger partial charge in [-0.3, -0.25) is 4.79 Å². The molecule has 2 aliphatic rings. The van der Waals surface area contributed by atoms with E-state index in [1.165, 1.54) is 19.3 Å². The van der Waals surface area contributed by atoms with Crippen molar-refractivity contribution in [2.45, 2.75) is 51.0 Å². The zero-order valence-corrected chi connectivity index (χ0v) is 14.1. The lowest BCUT2D eigenvalue weighted by Gasteiger charge is -2.27. The second kappa shape index (κ2) is 10.7. The van der Waals surface area contributed by atoms with Crippen LogP contribution in [-0.2, 0) is 4.79 Å². The van der Waals surface area contributed by atoms with Gasteiger partial charge >= 0.3 is 6.03 Å². The Labute approximate surface area is 139 Å². The van der Waals surface area contributed by atoms with E-state index in [2.05, 4.69) is 16.0 Å². The first kappa shape index (κ1) is 19.0. The van der Waals surface area contributed by atoms with E-state index in [1.807, 2.05) is 4.90 Å². The fourth-order valence-corrected chi connectivity index (χ4v) is 3.00. The minimum Gasteiger partial charge on any atom is -0.340 e. The summed E-state index contributed by atoms with van der Waals surface area (Å²) in [6, 6.07) is 0.248. The fourth-order valence-electron chi connectivity index (χ4n) is 3.00. The van der Waals surface area contributed by atoms with Gasteiger partial charge in [-0.1, -0.05) is 19.3 Å². The Morgan fingerprint density at radius 2 is 1.77 bits per heavy atom. The highest BCUT2D eigenvalue weighted by Gasteiger charge is 2.17. The Morgan fingerprint density at radius 3 is 2.45 bits per heavy atom. The number of piperazine rings is 1. The summed E-state index contributed by atoms with van der Waals surface area (Å²) in [6.45, 7) is 3.93. The first-order valence-corrected chi connectivity index (χ1v) is 8.28. The normalized spacial score (nSPS) is 19.2. The van der Waals surface area contributed by atoms with Crippen LogP contribution in [0.3, 0.4) is 0 Å². The summed E-state index contributed by atoms with van der Waals surface area (Å²) in [5.74, 6) is 0.200. The summed E-state index contributed by atoms with van der Waals surface area (Å²) in [5, 5.41) is 9.10. The Hall–Kier alpha value is -1.01. The van der Waals surface area contributed by atoms with Gasteiger partial charge in [0.15, 0.2) is 0 Å². The first-order valence-electron chi connectivity index (χ1n) is 8.28. The van der Waals surface area contributed by atoms with Crippen molar-refractivity contribution in [3.8, 4) is 0 Å². The van der Waals surface area contributed by atoms with Gasteiger partial charge < -0.3 is 20.9 Å². The Bertz CT molecular complexity index is 342. The molecular weight excluding hydrogens is 304 g/mol. The molecule has 0 aromatic heterocycles. The topological polar surface area (TPSA) is 73.5 Å². The molecule has 1 aliphatic heterocycles. The largest absolute Gasteiger partial charge is 0.340 e. The molecule has 0 aromatic rings. The molecule has 7 heteroatoms. The molecule has 0 radical (unpaired) electrons. The highest BCUT2D eigenvalue weighted by atomic mass is 35.5. The molecule has 1 aliphatic carbocycles. The van der Waals surface area contributed by atoms with Crippen LogP contribution in [0.2, 0.25) is 0 Å². The van der Waals surface area contributed by atoms with E-state index in [4.69, 9.17) is 0 Å². The molecule has 1 saturated heterocycles. The lowest BCUT2D eigenvalue weighted by molar-refractivity contribution is -0.131. The van der Waals surface area contributed by atoms with Crippen molar-refractivity contribution >= 4 is 24.3 Å². The average molecular weight is 333 g/mol. The number of hydrogen-bond donors (Lipinski definition) is 3. The van der Waals surface area contributed by atoms with Gasteiger partial charge in [0.05, 0.1) is 0 Å². The van der Waals surface area contributed by atoms with Gasteiger partial charge in [-0.05, 0) is 19.3 Å². The Balaban J connectivity index is 0.00000242. The molecule has 0 aromatic carbocycles. The quantitative estimate of drug-likeness (QED) is 0.663. The molecular formula is C15H29ClN4O2. The predicted molar refractivity (Wildman–Crippen MR) is 89.3 cm³/mol. The lowest BCUT2D eigenvalue weighted by Crippen LogP contribution is -2.46. The standard InChI is InChI=1S/C15H28N4O2.ClH/c20-14(19-11-9-16-10-12-19)7-4-8-17-15(21)18-13-5-2-1-3-6-13;/h13,16H,1-12H2,(H2,17,18,21);1H. The van der Waals surface area contributed by atoms with E-state index < -0.39 is 0 Å². The maximum Gasteiger partial charge on any atom is 0.315 e. The van der Waals surface area contributed by atoms with Crippen LogP contribution in [0, 0.1) is 0 Å². The summed E-state index contributed by atoms with van der Waals surface area (Å²) in [4.78, 5) is 25.6. The summed E-state index contributed by atoms with van der Waals surface area (Å²) in [5.41, 5.74) is 0. The van der Waals surface area contributed by atoms with E-state index >= 15 is 0 Å². The molecule has 2 fully saturated rings. The molecule has 0 spiro atoms. The lowest BCUT2D eigenvalue weighted by atomic mass is 9.96. The molecule has 2 rings (SSSR count). The van der Waals surface area contributed by atoms with E-state index in [-0.39, 0.29) is 24.3 Å². The Morgan fingerprint density at radius 1 is 1.09 bits per heavy atom. The second-order valence-corrected chi connectivity index (χ2v) is 5.97. The van der Waals surface area contributed by atoms with Crippen molar-refractivity contribution in [1.29, 1.82) is 0 Å². The van der Waals surface area contributed by atoms with Crippen LogP contribution in [0.1, 0.15) is 44.9 Å². The summed E-state index contributed by atoms with van der Waals surface area (Å²) in [6.07, 6.45) is 7.12. The number of urea groups is 1. The van der Waals surface area contributed by atoms with Gasteiger partial charge in [-0.25, -0.2) is 4.79 Å². The highest BCUT2D eigenvalue weighted by Crippen LogP contribution is 2.17. The number of halogens is 1. The molecule has 128 valence electrons.